The van der Waals surface area contributed by atoms with E-state index in [9.17, 15) is 14.9 Å². The number of carbonyl (C=O) groups excluding carboxylic acids is 1. The minimum atomic E-state index is -0.326. The van der Waals surface area contributed by atoms with Gasteiger partial charge in [-0.2, -0.15) is 0 Å². The molecule has 4 rings (SSSR count). The molecular formula is C29H25NO3. The van der Waals surface area contributed by atoms with E-state index in [1.165, 1.54) is 0 Å². The normalized spacial score (nSPS) is 10.7. The summed E-state index contributed by atoms with van der Waals surface area (Å²) in [5.41, 5.74) is 5.53. The molecule has 0 aliphatic heterocycles. The first-order valence-electron chi connectivity index (χ1n) is 11.1. The van der Waals surface area contributed by atoms with E-state index in [1.807, 2.05) is 91.0 Å². The summed E-state index contributed by atoms with van der Waals surface area (Å²) in [5, 5.41) is 11.6. The number of carbonyl (C=O) groups is 1. The lowest BCUT2D eigenvalue weighted by atomic mass is 9.95. The summed E-state index contributed by atoms with van der Waals surface area (Å²) in [6.07, 6.45) is 2.44. The zero-order chi connectivity index (χ0) is 23.0. The molecule has 0 saturated carbocycles. The predicted octanol–water partition coefficient (Wildman–Crippen LogP) is 6.86. The lowest BCUT2D eigenvalue weighted by molar-refractivity contribution is -0.385. The molecule has 0 fully saturated rings. The molecule has 0 aliphatic rings. The van der Waals surface area contributed by atoms with E-state index in [0.29, 0.717) is 30.4 Å². The molecule has 0 aromatic heterocycles. The van der Waals surface area contributed by atoms with Crippen LogP contribution < -0.4 is 0 Å². The van der Waals surface area contributed by atoms with Crippen molar-refractivity contribution in [2.24, 2.45) is 0 Å². The van der Waals surface area contributed by atoms with E-state index >= 15 is 0 Å². The first-order valence-corrected chi connectivity index (χ1v) is 11.1. The molecular weight excluding hydrogens is 410 g/mol. The van der Waals surface area contributed by atoms with Gasteiger partial charge in [0.05, 0.1) is 4.92 Å². The number of benzene rings is 4. The Hall–Kier alpha value is -4.05. The van der Waals surface area contributed by atoms with Gasteiger partial charge in [-0.15, -0.1) is 0 Å². The van der Waals surface area contributed by atoms with Gasteiger partial charge in [0.15, 0.2) is 5.78 Å². The maximum atomic E-state index is 12.8. The van der Waals surface area contributed by atoms with Crippen molar-refractivity contribution in [1.29, 1.82) is 0 Å². The molecule has 0 bridgehead atoms. The van der Waals surface area contributed by atoms with Gasteiger partial charge < -0.3 is 0 Å². The highest BCUT2D eigenvalue weighted by Gasteiger charge is 2.15. The van der Waals surface area contributed by atoms with Crippen molar-refractivity contribution < 1.29 is 9.72 Å². The Morgan fingerprint density at radius 1 is 0.667 bits per heavy atom. The fourth-order valence-corrected chi connectivity index (χ4v) is 3.99. The van der Waals surface area contributed by atoms with Crippen molar-refractivity contribution in [1.82, 2.24) is 0 Å². The second-order valence-corrected chi connectivity index (χ2v) is 8.08. The largest absolute Gasteiger partial charge is 0.294 e. The van der Waals surface area contributed by atoms with Crippen LogP contribution in [0, 0.1) is 10.1 Å². The number of nitro benzene ring substituents is 1. The molecule has 0 N–H and O–H groups in total. The van der Waals surface area contributed by atoms with Crippen LogP contribution >= 0.6 is 0 Å². The highest BCUT2D eigenvalue weighted by molar-refractivity contribution is 5.97. The summed E-state index contributed by atoms with van der Waals surface area (Å²) in [4.78, 5) is 24.0. The Morgan fingerprint density at radius 3 is 1.97 bits per heavy atom. The fraction of sp³-hybridized carbons (Fsp3) is 0.138. The van der Waals surface area contributed by atoms with Gasteiger partial charge in [-0.05, 0) is 59.7 Å². The maximum Gasteiger partial charge on any atom is 0.272 e. The van der Waals surface area contributed by atoms with Gasteiger partial charge in [0.1, 0.15) is 0 Å². The molecule has 0 heterocycles. The van der Waals surface area contributed by atoms with Crippen LogP contribution in [0.5, 0.6) is 0 Å². The summed E-state index contributed by atoms with van der Waals surface area (Å²) < 4.78 is 0. The van der Waals surface area contributed by atoms with Crippen LogP contribution in [0.2, 0.25) is 0 Å². The van der Waals surface area contributed by atoms with Crippen LogP contribution in [0.25, 0.3) is 11.1 Å². The molecule has 0 radical (unpaired) electrons. The first-order chi connectivity index (χ1) is 16.1. The second-order valence-electron chi connectivity index (χ2n) is 8.08. The zero-order valence-corrected chi connectivity index (χ0v) is 18.3. The number of Topliss-reactive ketones (excluding diaryl/α,β-unsaturated/α-hetero) is 1. The lowest BCUT2D eigenvalue weighted by Crippen LogP contribution is -2.02. The molecule has 0 atom stereocenters. The Morgan fingerprint density at radius 2 is 1.30 bits per heavy atom. The van der Waals surface area contributed by atoms with Crippen molar-refractivity contribution >= 4 is 11.5 Å². The second kappa shape index (κ2) is 10.5. The molecule has 0 unspecified atom stereocenters. The van der Waals surface area contributed by atoms with E-state index in [1.54, 1.807) is 12.1 Å². The summed E-state index contributed by atoms with van der Waals surface area (Å²) in [7, 11) is 0. The SMILES string of the molecule is O=C(CCc1ccccc1)c1cccc(-c2ccc([N+](=O)[O-])c(CCc3ccccc3)c2)c1. The molecule has 4 nitrogen and oxygen atoms in total. The van der Waals surface area contributed by atoms with Crippen molar-refractivity contribution in [2.75, 3.05) is 0 Å². The third-order valence-corrected chi connectivity index (χ3v) is 5.80. The van der Waals surface area contributed by atoms with E-state index in [2.05, 4.69) is 0 Å². The molecule has 33 heavy (non-hydrogen) atoms. The highest BCUT2D eigenvalue weighted by atomic mass is 16.6. The molecule has 0 aliphatic carbocycles. The van der Waals surface area contributed by atoms with E-state index in [-0.39, 0.29) is 16.4 Å². The van der Waals surface area contributed by atoms with Gasteiger partial charge in [-0.3, -0.25) is 14.9 Å². The topological polar surface area (TPSA) is 60.2 Å². The van der Waals surface area contributed by atoms with Gasteiger partial charge >= 0.3 is 0 Å². The van der Waals surface area contributed by atoms with Gasteiger partial charge in [-0.25, -0.2) is 0 Å². The Bertz CT molecular complexity index is 1250. The lowest BCUT2D eigenvalue weighted by Gasteiger charge is -2.09. The van der Waals surface area contributed by atoms with Crippen LogP contribution in [0.1, 0.15) is 33.5 Å². The van der Waals surface area contributed by atoms with Crippen LogP contribution in [0.4, 0.5) is 5.69 Å². The van der Waals surface area contributed by atoms with Crippen molar-refractivity contribution in [3.8, 4) is 11.1 Å². The number of nitro groups is 1. The van der Waals surface area contributed by atoms with Crippen LogP contribution in [-0.4, -0.2) is 10.7 Å². The number of ketones is 1. The molecule has 4 aromatic rings. The van der Waals surface area contributed by atoms with Crippen LogP contribution in [0.15, 0.2) is 103 Å². The molecule has 164 valence electrons. The standard InChI is InChI=1S/C29H25NO3/c31-29(19-15-23-10-5-2-6-11-23)27-13-7-12-24(21-27)25-17-18-28(30(32)33)26(20-25)16-14-22-8-3-1-4-9-22/h1-13,17-18,20-21H,14-16,19H2. The molecule has 0 amide bonds. The number of aryl methyl sites for hydroxylation is 3. The van der Waals surface area contributed by atoms with Gasteiger partial charge in [0, 0.05) is 23.6 Å². The minimum Gasteiger partial charge on any atom is -0.294 e. The third-order valence-electron chi connectivity index (χ3n) is 5.80. The summed E-state index contributed by atoms with van der Waals surface area (Å²) in [6, 6.07) is 32.7. The van der Waals surface area contributed by atoms with E-state index in [4.69, 9.17) is 0 Å². The zero-order valence-electron chi connectivity index (χ0n) is 18.3. The van der Waals surface area contributed by atoms with E-state index in [0.717, 1.165) is 28.7 Å². The Balaban J connectivity index is 1.54. The smallest absolute Gasteiger partial charge is 0.272 e. The molecule has 4 aromatic carbocycles. The molecule has 0 saturated heterocycles. The number of nitrogens with zero attached hydrogens (tertiary/aromatic N) is 1. The average Bonchev–Trinajstić information content (AvgIpc) is 2.87. The maximum absolute atomic E-state index is 12.8. The Labute approximate surface area is 193 Å². The quantitative estimate of drug-likeness (QED) is 0.164. The van der Waals surface area contributed by atoms with E-state index < -0.39 is 0 Å². The minimum absolute atomic E-state index is 0.0897. The number of hydrogen-bond donors (Lipinski definition) is 0. The van der Waals surface area contributed by atoms with Crippen LogP contribution in [0.3, 0.4) is 0 Å². The van der Waals surface area contributed by atoms with Crippen molar-refractivity contribution in [3.63, 3.8) is 0 Å². The Kier molecular flexibility index (Phi) is 7.06. The summed E-state index contributed by atoms with van der Waals surface area (Å²) in [5.74, 6) is 0.0897. The molecule has 4 heteroatoms. The number of hydrogen-bond acceptors (Lipinski definition) is 3. The van der Waals surface area contributed by atoms with Gasteiger partial charge in [0.25, 0.3) is 5.69 Å². The number of rotatable bonds is 9. The highest BCUT2D eigenvalue weighted by Crippen LogP contribution is 2.28. The third kappa shape index (κ3) is 5.80. The summed E-state index contributed by atoms with van der Waals surface area (Å²) >= 11 is 0. The summed E-state index contributed by atoms with van der Waals surface area (Å²) in [6.45, 7) is 0. The van der Waals surface area contributed by atoms with Crippen molar-refractivity contribution in [3.05, 3.63) is 135 Å². The average molecular weight is 436 g/mol. The monoisotopic (exact) mass is 435 g/mol. The van der Waals surface area contributed by atoms with Gasteiger partial charge in [-0.1, -0.05) is 78.9 Å². The first kappa shape index (κ1) is 22.2. The predicted molar refractivity (Wildman–Crippen MR) is 131 cm³/mol. The van der Waals surface area contributed by atoms with Gasteiger partial charge in [0.2, 0.25) is 0 Å². The van der Waals surface area contributed by atoms with Crippen molar-refractivity contribution in [2.45, 2.75) is 25.7 Å². The van der Waals surface area contributed by atoms with Crippen LogP contribution in [-0.2, 0) is 19.3 Å². The molecule has 0 spiro atoms. The fourth-order valence-electron chi connectivity index (χ4n) is 3.99.